The summed E-state index contributed by atoms with van der Waals surface area (Å²) in [7, 11) is 0. The molecule has 150 valence electrons. The summed E-state index contributed by atoms with van der Waals surface area (Å²) in [6.45, 7) is 5.18. The molecule has 0 aliphatic carbocycles. The second-order valence-electron chi connectivity index (χ2n) is 8.17. The Balaban J connectivity index is 1.69. The highest BCUT2D eigenvalue weighted by Crippen LogP contribution is 2.40. The number of nitrogens with zero attached hydrogens (tertiary/aromatic N) is 3. The minimum absolute atomic E-state index is 0.200. The van der Waals surface area contributed by atoms with E-state index in [4.69, 9.17) is 9.97 Å². The molecule has 3 aromatic carbocycles. The average molecular weight is 396 g/mol. The van der Waals surface area contributed by atoms with Crippen LogP contribution in [-0.4, -0.2) is 21.6 Å². The molecule has 1 atom stereocenters. The number of anilines is 1. The van der Waals surface area contributed by atoms with Gasteiger partial charge in [0.25, 0.3) is 0 Å². The maximum Gasteiger partial charge on any atom is 0.165 e. The summed E-state index contributed by atoms with van der Waals surface area (Å²) in [4.78, 5) is 12.2. The summed E-state index contributed by atoms with van der Waals surface area (Å²) in [6, 6.07) is 22.7. The molecule has 4 aromatic rings. The Morgan fingerprint density at radius 3 is 2.47 bits per heavy atom. The summed E-state index contributed by atoms with van der Waals surface area (Å²) in [5, 5.41) is 11.5. The van der Waals surface area contributed by atoms with E-state index in [9.17, 15) is 5.11 Å². The highest BCUT2D eigenvalue weighted by atomic mass is 16.3. The third-order valence-corrected chi connectivity index (χ3v) is 5.96. The van der Waals surface area contributed by atoms with Crippen LogP contribution in [0.3, 0.4) is 0 Å². The molecule has 0 saturated carbocycles. The lowest BCUT2D eigenvalue weighted by atomic mass is 10.0. The van der Waals surface area contributed by atoms with Gasteiger partial charge in [0.15, 0.2) is 5.82 Å². The number of phenolic OH excluding ortho intramolecular Hbond substituents is 1. The summed E-state index contributed by atoms with van der Waals surface area (Å²) in [5.41, 5.74) is 5.34. The number of aromatic hydroxyl groups is 1. The molecule has 0 amide bonds. The van der Waals surface area contributed by atoms with Crippen LogP contribution in [0.1, 0.15) is 35.6 Å². The molecular formula is C26H25N3O. The molecule has 4 nitrogen and oxygen atoms in total. The van der Waals surface area contributed by atoms with Crippen molar-refractivity contribution in [1.82, 2.24) is 9.97 Å². The molecule has 1 aromatic heterocycles. The van der Waals surface area contributed by atoms with Gasteiger partial charge in [-0.3, -0.25) is 0 Å². The smallest absolute Gasteiger partial charge is 0.165 e. The van der Waals surface area contributed by atoms with Crippen molar-refractivity contribution in [1.29, 1.82) is 0 Å². The average Bonchev–Trinajstić information content (AvgIpc) is 3.23. The van der Waals surface area contributed by atoms with E-state index in [-0.39, 0.29) is 5.75 Å². The van der Waals surface area contributed by atoms with Gasteiger partial charge in [-0.15, -0.1) is 0 Å². The van der Waals surface area contributed by atoms with E-state index in [2.05, 4.69) is 61.2 Å². The Labute approximate surface area is 176 Å². The predicted molar refractivity (Wildman–Crippen MR) is 122 cm³/mol. The largest absolute Gasteiger partial charge is 0.507 e. The lowest BCUT2D eigenvalue weighted by Gasteiger charge is -2.28. The van der Waals surface area contributed by atoms with Crippen LogP contribution in [-0.2, 0) is 0 Å². The number of para-hydroxylation sites is 1. The fourth-order valence-corrected chi connectivity index (χ4v) is 4.38. The molecule has 1 unspecified atom stereocenters. The predicted octanol–water partition coefficient (Wildman–Crippen LogP) is 5.96. The zero-order valence-electron chi connectivity index (χ0n) is 17.3. The molecule has 0 radical (unpaired) electrons. The molecule has 5 rings (SSSR count). The first-order valence-electron chi connectivity index (χ1n) is 10.5. The number of hydrogen-bond donors (Lipinski definition) is 1. The Kier molecular flexibility index (Phi) is 4.62. The van der Waals surface area contributed by atoms with Crippen LogP contribution in [0.25, 0.3) is 22.3 Å². The maximum absolute atomic E-state index is 10.4. The van der Waals surface area contributed by atoms with E-state index in [1.165, 1.54) is 16.7 Å². The second-order valence-corrected chi connectivity index (χ2v) is 8.17. The fraction of sp³-hybridized carbons (Fsp3) is 0.231. The molecule has 0 spiro atoms. The van der Waals surface area contributed by atoms with Gasteiger partial charge in [0.2, 0.25) is 0 Å². The summed E-state index contributed by atoms with van der Waals surface area (Å²) >= 11 is 0. The van der Waals surface area contributed by atoms with E-state index in [0.717, 1.165) is 36.1 Å². The van der Waals surface area contributed by atoms with Crippen molar-refractivity contribution in [2.24, 2.45) is 0 Å². The van der Waals surface area contributed by atoms with Gasteiger partial charge in [-0.05, 0) is 56.5 Å². The number of phenols is 1. The number of aromatic nitrogens is 2. The minimum atomic E-state index is 0.200. The molecule has 1 N–H and O–H groups in total. The quantitative estimate of drug-likeness (QED) is 0.465. The lowest BCUT2D eigenvalue weighted by molar-refractivity contribution is 0.477. The lowest BCUT2D eigenvalue weighted by Crippen LogP contribution is -2.24. The van der Waals surface area contributed by atoms with Crippen LogP contribution in [0.5, 0.6) is 5.75 Å². The highest BCUT2D eigenvalue weighted by molar-refractivity contribution is 5.92. The van der Waals surface area contributed by atoms with Crippen LogP contribution in [0.4, 0.5) is 5.82 Å². The Morgan fingerprint density at radius 1 is 0.900 bits per heavy atom. The highest BCUT2D eigenvalue weighted by Gasteiger charge is 2.29. The summed E-state index contributed by atoms with van der Waals surface area (Å²) in [6.07, 6.45) is 2.23. The van der Waals surface area contributed by atoms with Crippen molar-refractivity contribution in [3.63, 3.8) is 0 Å². The number of rotatable bonds is 3. The van der Waals surface area contributed by atoms with Crippen LogP contribution in [0.15, 0.2) is 66.7 Å². The van der Waals surface area contributed by atoms with Gasteiger partial charge in [0.05, 0.1) is 17.1 Å². The van der Waals surface area contributed by atoms with Crippen molar-refractivity contribution in [2.75, 3.05) is 11.4 Å². The van der Waals surface area contributed by atoms with Crippen molar-refractivity contribution >= 4 is 16.7 Å². The van der Waals surface area contributed by atoms with Crippen molar-refractivity contribution in [2.45, 2.75) is 32.7 Å². The number of aryl methyl sites for hydroxylation is 2. The summed E-state index contributed by atoms with van der Waals surface area (Å²) in [5.74, 6) is 1.71. The van der Waals surface area contributed by atoms with E-state index in [1.807, 2.05) is 18.2 Å². The molecular weight excluding hydrogens is 370 g/mol. The third kappa shape index (κ3) is 3.28. The number of hydrogen-bond acceptors (Lipinski definition) is 4. The Bertz CT molecular complexity index is 1220. The van der Waals surface area contributed by atoms with Crippen LogP contribution in [0, 0.1) is 13.8 Å². The summed E-state index contributed by atoms with van der Waals surface area (Å²) < 4.78 is 0. The first kappa shape index (κ1) is 18.6. The van der Waals surface area contributed by atoms with Gasteiger partial charge in [0.1, 0.15) is 11.6 Å². The number of fused-ring (bicyclic) bond motifs is 1. The van der Waals surface area contributed by atoms with Gasteiger partial charge in [0, 0.05) is 11.9 Å². The SMILES string of the molecule is Cc1ccc(C2CCCN2c2nc(-c3ccccc3O)nc3ccc(C)cc23)cc1. The zero-order chi connectivity index (χ0) is 20.7. The minimum Gasteiger partial charge on any atom is -0.507 e. The van der Waals surface area contributed by atoms with Gasteiger partial charge >= 0.3 is 0 Å². The Hall–Kier alpha value is -3.40. The van der Waals surface area contributed by atoms with Crippen molar-refractivity contribution in [3.8, 4) is 17.1 Å². The Morgan fingerprint density at radius 2 is 1.67 bits per heavy atom. The first-order chi connectivity index (χ1) is 14.6. The standard InChI is InChI=1S/C26H25N3O/c1-17-9-12-19(13-10-17)23-7-5-15-29(23)26-21-16-18(2)11-14-22(21)27-25(28-26)20-6-3-4-8-24(20)30/h3-4,6,8-14,16,23,30H,5,7,15H2,1-2H3. The monoisotopic (exact) mass is 395 g/mol. The molecule has 4 heteroatoms. The second kappa shape index (κ2) is 7.45. The molecule has 2 heterocycles. The molecule has 1 aliphatic heterocycles. The van der Waals surface area contributed by atoms with Gasteiger partial charge in [-0.1, -0.05) is 53.6 Å². The molecule has 1 aliphatic rings. The van der Waals surface area contributed by atoms with Crippen molar-refractivity contribution in [3.05, 3.63) is 83.4 Å². The van der Waals surface area contributed by atoms with E-state index >= 15 is 0 Å². The van der Waals surface area contributed by atoms with Gasteiger partial charge in [-0.25, -0.2) is 9.97 Å². The van der Waals surface area contributed by atoms with E-state index < -0.39 is 0 Å². The van der Waals surface area contributed by atoms with Gasteiger partial charge < -0.3 is 10.0 Å². The first-order valence-corrected chi connectivity index (χ1v) is 10.5. The molecule has 1 saturated heterocycles. The van der Waals surface area contributed by atoms with E-state index in [0.29, 0.717) is 17.4 Å². The number of benzene rings is 3. The third-order valence-electron chi connectivity index (χ3n) is 5.96. The maximum atomic E-state index is 10.4. The zero-order valence-corrected chi connectivity index (χ0v) is 17.3. The van der Waals surface area contributed by atoms with Crippen molar-refractivity contribution < 1.29 is 5.11 Å². The normalized spacial score (nSPS) is 16.3. The van der Waals surface area contributed by atoms with Crippen LogP contribution in [0.2, 0.25) is 0 Å². The topological polar surface area (TPSA) is 49.2 Å². The van der Waals surface area contributed by atoms with Crippen LogP contribution < -0.4 is 4.90 Å². The van der Waals surface area contributed by atoms with Gasteiger partial charge in [-0.2, -0.15) is 0 Å². The van der Waals surface area contributed by atoms with Crippen LogP contribution >= 0.6 is 0 Å². The molecule has 0 bridgehead atoms. The molecule has 30 heavy (non-hydrogen) atoms. The molecule has 1 fully saturated rings. The van der Waals surface area contributed by atoms with E-state index in [1.54, 1.807) is 6.07 Å². The fourth-order valence-electron chi connectivity index (χ4n) is 4.38.